The van der Waals surface area contributed by atoms with Crippen molar-refractivity contribution in [2.24, 2.45) is 10.4 Å². The Kier molecular flexibility index (Phi) is 8.87. The lowest BCUT2D eigenvalue weighted by atomic mass is 9.93. The highest BCUT2D eigenvalue weighted by Gasteiger charge is 2.30. The third-order valence-corrected chi connectivity index (χ3v) is 4.59. The Morgan fingerprint density at radius 1 is 1.25 bits per heavy atom. The molecule has 1 aromatic rings. The van der Waals surface area contributed by atoms with Gasteiger partial charge in [0, 0.05) is 46.0 Å². The largest absolute Gasteiger partial charge is 0.375 e. The zero-order valence-corrected chi connectivity index (χ0v) is 17.9. The second kappa shape index (κ2) is 10.1. The first-order valence-electron chi connectivity index (χ1n) is 8.74. The summed E-state index contributed by atoms with van der Waals surface area (Å²) in [5.41, 5.74) is 1.70. The molecular formula is C19H33IN4. The minimum Gasteiger partial charge on any atom is -0.375 e. The van der Waals surface area contributed by atoms with Crippen LogP contribution < -0.4 is 10.2 Å². The number of para-hydroxylation sites is 1. The first kappa shape index (κ1) is 21.1. The van der Waals surface area contributed by atoms with Crippen LogP contribution in [0.5, 0.6) is 0 Å². The van der Waals surface area contributed by atoms with Crippen LogP contribution in [0.4, 0.5) is 5.69 Å². The number of nitrogens with zero attached hydrogens (tertiary/aromatic N) is 3. The molecule has 0 radical (unpaired) electrons. The summed E-state index contributed by atoms with van der Waals surface area (Å²) < 4.78 is 0. The molecule has 1 aromatic carbocycles. The molecule has 2 rings (SSSR count). The highest BCUT2D eigenvalue weighted by Crippen LogP contribution is 2.28. The fraction of sp³-hybridized carbons (Fsp3) is 0.632. The van der Waals surface area contributed by atoms with Gasteiger partial charge in [0.15, 0.2) is 5.96 Å². The standard InChI is InChI=1S/C19H32N4.HI/c1-19(2)12-15-23(16-19)18(20-3)21-13-8-9-14-22(4)17-10-6-5-7-11-17;/h5-7,10-11H,8-9,12-16H2,1-4H3,(H,20,21);1H. The summed E-state index contributed by atoms with van der Waals surface area (Å²) in [6.07, 6.45) is 3.59. The Morgan fingerprint density at radius 3 is 2.54 bits per heavy atom. The summed E-state index contributed by atoms with van der Waals surface area (Å²) >= 11 is 0. The normalized spacial score (nSPS) is 16.7. The van der Waals surface area contributed by atoms with Gasteiger partial charge >= 0.3 is 0 Å². The van der Waals surface area contributed by atoms with E-state index in [0.29, 0.717) is 5.41 Å². The van der Waals surface area contributed by atoms with Crippen LogP contribution >= 0.6 is 24.0 Å². The van der Waals surface area contributed by atoms with Crippen molar-refractivity contribution >= 4 is 35.6 Å². The fourth-order valence-electron chi connectivity index (χ4n) is 3.11. The number of anilines is 1. The van der Waals surface area contributed by atoms with Gasteiger partial charge in [-0.3, -0.25) is 4.99 Å². The molecule has 1 aliphatic heterocycles. The van der Waals surface area contributed by atoms with Gasteiger partial charge in [-0.25, -0.2) is 0 Å². The van der Waals surface area contributed by atoms with Crippen LogP contribution in [0.2, 0.25) is 0 Å². The van der Waals surface area contributed by atoms with Crippen molar-refractivity contribution in [2.45, 2.75) is 33.1 Å². The predicted molar refractivity (Wildman–Crippen MR) is 116 cm³/mol. The molecule has 0 aliphatic carbocycles. The van der Waals surface area contributed by atoms with Gasteiger partial charge in [-0.1, -0.05) is 32.0 Å². The van der Waals surface area contributed by atoms with E-state index >= 15 is 0 Å². The Hall–Kier alpha value is -0.980. The highest BCUT2D eigenvalue weighted by molar-refractivity contribution is 14.0. The van der Waals surface area contributed by atoms with Gasteiger partial charge in [-0.2, -0.15) is 0 Å². The molecule has 0 unspecified atom stereocenters. The monoisotopic (exact) mass is 444 g/mol. The van der Waals surface area contributed by atoms with Crippen molar-refractivity contribution in [3.05, 3.63) is 30.3 Å². The SMILES string of the molecule is CN=C(NCCCCN(C)c1ccccc1)N1CCC(C)(C)C1.I. The molecule has 0 amide bonds. The molecule has 24 heavy (non-hydrogen) atoms. The average molecular weight is 444 g/mol. The quantitative estimate of drug-likeness (QED) is 0.313. The van der Waals surface area contributed by atoms with Crippen molar-refractivity contribution < 1.29 is 0 Å². The number of hydrogen-bond donors (Lipinski definition) is 1. The van der Waals surface area contributed by atoms with Crippen LogP contribution in [0.15, 0.2) is 35.3 Å². The third-order valence-electron chi connectivity index (χ3n) is 4.59. The van der Waals surface area contributed by atoms with E-state index in [9.17, 15) is 0 Å². The molecule has 5 heteroatoms. The van der Waals surface area contributed by atoms with Crippen molar-refractivity contribution in [1.82, 2.24) is 10.2 Å². The Labute approximate surface area is 164 Å². The van der Waals surface area contributed by atoms with Crippen LogP contribution in [-0.2, 0) is 0 Å². The number of halogens is 1. The molecular weight excluding hydrogens is 411 g/mol. The van der Waals surface area contributed by atoms with Gasteiger partial charge in [-0.05, 0) is 36.8 Å². The molecule has 1 N–H and O–H groups in total. The number of aliphatic imine (C=N–C) groups is 1. The third kappa shape index (κ3) is 6.49. The van der Waals surface area contributed by atoms with E-state index < -0.39 is 0 Å². The van der Waals surface area contributed by atoms with E-state index in [-0.39, 0.29) is 24.0 Å². The van der Waals surface area contributed by atoms with Crippen molar-refractivity contribution in [3.63, 3.8) is 0 Å². The topological polar surface area (TPSA) is 30.9 Å². The molecule has 0 saturated carbocycles. The number of benzene rings is 1. The van der Waals surface area contributed by atoms with E-state index in [1.807, 2.05) is 7.05 Å². The van der Waals surface area contributed by atoms with Gasteiger partial charge in [0.2, 0.25) is 0 Å². The molecule has 1 fully saturated rings. The highest BCUT2D eigenvalue weighted by atomic mass is 127. The lowest BCUT2D eigenvalue weighted by Crippen LogP contribution is -2.41. The number of unbranched alkanes of at least 4 members (excludes halogenated alkanes) is 1. The van der Waals surface area contributed by atoms with Crippen molar-refractivity contribution in [1.29, 1.82) is 0 Å². The first-order chi connectivity index (χ1) is 11.0. The lowest BCUT2D eigenvalue weighted by Gasteiger charge is -2.24. The van der Waals surface area contributed by atoms with Crippen LogP contribution in [0.25, 0.3) is 0 Å². The first-order valence-corrected chi connectivity index (χ1v) is 8.74. The van der Waals surface area contributed by atoms with Crippen LogP contribution in [-0.4, -0.2) is 51.1 Å². The van der Waals surface area contributed by atoms with Gasteiger partial charge in [0.05, 0.1) is 0 Å². The van der Waals surface area contributed by atoms with Crippen molar-refractivity contribution in [2.75, 3.05) is 45.2 Å². The minimum absolute atomic E-state index is 0. The zero-order valence-electron chi connectivity index (χ0n) is 15.6. The molecule has 0 aromatic heterocycles. The molecule has 1 aliphatic rings. The summed E-state index contributed by atoms with van der Waals surface area (Å²) in [6, 6.07) is 10.6. The van der Waals surface area contributed by atoms with Crippen LogP contribution in [0.1, 0.15) is 33.1 Å². The Balaban J connectivity index is 0.00000288. The summed E-state index contributed by atoms with van der Waals surface area (Å²) in [5, 5.41) is 3.52. The van der Waals surface area contributed by atoms with Crippen molar-refractivity contribution in [3.8, 4) is 0 Å². The van der Waals surface area contributed by atoms with E-state index in [1.165, 1.54) is 18.5 Å². The second-order valence-electron chi connectivity index (χ2n) is 7.27. The molecule has 4 nitrogen and oxygen atoms in total. The molecule has 0 bridgehead atoms. The number of likely N-dealkylation sites (tertiary alicyclic amines) is 1. The maximum Gasteiger partial charge on any atom is 0.193 e. The van der Waals surface area contributed by atoms with Gasteiger partial charge in [0.25, 0.3) is 0 Å². The smallest absolute Gasteiger partial charge is 0.193 e. The van der Waals surface area contributed by atoms with E-state index in [0.717, 1.165) is 38.6 Å². The lowest BCUT2D eigenvalue weighted by molar-refractivity contribution is 0.370. The number of guanidine groups is 1. The van der Waals surface area contributed by atoms with Gasteiger partial charge < -0.3 is 15.1 Å². The average Bonchev–Trinajstić information content (AvgIpc) is 2.91. The molecule has 1 saturated heterocycles. The molecule has 136 valence electrons. The summed E-state index contributed by atoms with van der Waals surface area (Å²) in [6.45, 7) is 8.96. The number of nitrogens with one attached hydrogen (secondary N) is 1. The Bertz CT molecular complexity index is 501. The number of rotatable bonds is 6. The van der Waals surface area contributed by atoms with Crippen LogP contribution in [0, 0.1) is 5.41 Å². The second-order valence-corrected chi connectivity index (χ2v) is 7.27. The molecule has 0 spiro atoms. The minimum atomic E-state index is 0. The van der Waals surface area contributed by atoms with Gasteiger partial charge in [0.1, 0.15) is 0 Å². The maximum absolute atomic E-state index is 4.44. The fourth-order valence-corrected chi connectivity index (χ4v) is 3.11. The predicted octanol–water partition coefficient (Wildman–Crippen LogP) is 3.83. The van der Waals surface area contributed by atoms with E-state index in [2.05, 4.69) is 71.3 Å². The van der Waals surface area contributed by atoms with E-state index in [1.54, 1.807) is 0 Å². The summed E-state index contributed by atoms with van der Waals surface area (Å²) in [5.74, 6) is 1.06. The maximum atomic E-state index is 4.44. The number of hydrogen-bond acceptors (Lipinski definition) is 2. The zero-order chi connectivity index (χ0) is 16.7. The summed E-state index contributed by atoms with van der Waals surface area (Å²) in [4.78, 5) is 9.14. The van der Waals surface area contributed by atoms with E-state index in [4.69, 9.17) is 0 Å². The molecule has 1 heterocycles. The van der Waals surface area contributed by atoms with Gasteiger partial charge in [-0.15, -0.1) is 24.0 Å². The van der Waals surface area contributed by atoms with Crippen LogP contribution in [0.3, 0.4) is 0 Å². The molecule has 0 atom stereocenters. The Morgan fingerprint density at radius 2 is 1.96 bits per heavy atom. The summed E-state index contributed by atoms with van der Waals surface area (Å²) in [7, 11) is 4.05.